The van der Waals surface area contributed by atoms with Crippen molar-refractivity contribution < 1.29 is 19.7 Å². The van der Waals surface area contributed by atoms with Crippen LogP contribution in [0.25, 0.3) is 11.2 Å². The molecule has 4 unspecified atom stereocenters. The van der Waals surface area contributed by atoms with E-state index in [9.17, 15) is 9.90 Å². The van der Waals surface area contributed by atoms with Crippen LogP contribution in [-0.4, -0.2) is 60.5 Å². The van der Waals surface area contributed by atoms with Gasteiger partial charge in [-0.3, -0.25) is 9.36 Å². The third-order valence-electron chi connectivity index (χ3n) is 4.13. The molecule has 25 heavy (non-hydrogen) atoms. The third-order valence-corrected chi connectivity index (χ3v) is 5.26. The van der Waals surface area contributed by atoms with E-state index in [0.717, 1.165) is 0 Å². The number of anilines is 1. The number of imidazole rings is 1. The Kier molecular flexibility index (Phi) is 5.42. The van der Waals surface area contributed by atoms with Crippen molar-refractivity contribution in [3.8, 4) is 0 Å². The number of nitrogen functional groups attached to an aromatic ring is 1. The Morgan fingerprint density at radius 1 is 1.52 bits per heavy atom. The summed E-state index contributed by atoms with van der Waals surface area (Å²) in [4.78, 5) is 19.2. The first-order valence-corrected chi connectivity index (χ1v) is 9.09. The fourth-order valence-electron chi connectivity index (χ4n) is 2.78. The second-order valence-electron chi connectivity index (χ2n) is 5.98. The molecule has 9 nitrogen and oxygen atoms in total. The number of nitrogens with two attached hydrogens (primary N) is 2. The highest BCUT2D eigenvalue weighted by molar-refractivity contribution is 7.99. The molecular formula is C15H21N5O4S. The number of fused-ring (bicyclic) bond motifs is 1. The summed E-state index contributed by atoms with van der Waals surface area (Å²) < 4.78 is 7.64. The van der Waals surface area contributed by atoms with Crippen molar-refractivity contribution in [1.82, 2.24) is 14.5 Å². The molecule has 2 aromatic heterocycles. The molecule has 0 saturated carbocycles. The number of aliphatic hydroxyl groups excluding tert-OH is 1. The number of hydrogen-bond acceptors (Lipinski definition) is 8. The lowest BCUT2D eigenvalue weighted by molar-refractivity contribution is -0.138. The first-order chi connectivity index (χ1) is 12.0. The highest BCUT2D eigenvalue weighted by Crippen LogP contribution is 2.33. The van der Waals surface area contributed by atoms with Gasteiger partial charge in [-0.2, -0.15) is 11.8 Å². The first kappa shape index (κ1) is 17.9. The number of carboxylic acid groups (broad SMARTS) is 1. The minimum Gasteiger partial charge on any atom is -0.480 e. The standard InChI is InChI=1S/C15H21N5O4S/c16-9-1-3-18-13-12(9)19-7-20(13)14-11(21)5-8(24-14)6-25-4-2-10(17)15(22)23/h1,3,7-8,10-11,14,21H,2,4-6,17H2,(H2,16,18)(H,22,23). The lowest BCUT2D eigenvalue weighted by atomic mass is 10.2. The molecule has 0 bridgehead atoms. The maximum Gasteiger partial charge on any atom is 0.320 e. The maximum absolute atomic E-state index is 10.7. The zero-order valence-electron chi connectivity index (χ0n) is 13.5. The predicted molar refractivity (Wildman–Crippen MR) is 94.0 cm³/mol. The van der Waals surface area contributed by atoms with Gasteiger partial charge >= 0.3 is 5.97 Å². The fourth-order valence-corrected chi connectivity index (χ4v) is 3.84. The van der Waals surface area contributed by atoms with E-state index in [1.807, 2.05) is 0 Å². The first-order valence-electron chi connectivity index (χ1n) is 7.94. The zero-order chi connectivity index (χ0) is 18.0. The Bertz CT molecular complexity index is 755. The number of carboxylic acids is 1. The van der Waals surface area contributed by atoms with Crippen LogP contribution in [0.1, 0.15) is 19.1 Å². The van der Waals surface area contributed by atoms with Crippen LogP contribution in [-0.2, 0) is 9.53 Å². The van der Waals surface area contributed by atoms with Crippen molar-refractivity contribution in [2.24, 2.45) is 5.73 Å². The van der Waals surface area contributed by atoms with E-state index in [0.29, 0.717) is 41.2 Å². The van der Waals surface area contributed by atoms with Gasteiger partial charge in [-0.05, 0) is 18.2 Å². The SMILES string of the molecule is Nc1ccnc2c1ncn2C1OC(CSCCC(N)C(=O)O)CC1O. The monoisotopic (exact) mass is 367 g/mol. The number of carbonyl (C=O) groups is 1. The second kappa shape index (κ2) is 7.56. The number of aliphatic hydroxyl groups is 1. The molecule has 0 amide bonds. The number of thioether (sulfide) groups is 1. The highest BCUT2D eigenvalue weighted by Gasteiger charge is 2.36. The van der Waals surface area contributed by atoms with Crippen molar-refractivity contribution in [3.05, 3.63) is 18.6 Å². The molecular weight excluding hydrogens is 346 g/mol. The van der Waals surface area contributed by atoms with E-state index in [4.69, 9.17) is 21.3 Å². The molecule has 10 heteroatoms. The van der Waals surface area contributed by atoms with E-state index >= 15 is 0 Å². The quantitative estimate of drug-likeness (QED) is 0.503. The molecule has 4 atom stereocenters. The molecule has 6 N–H and O–H groups in total. The summed E-state index contributed by atoms with van der Waals surface area (Å²) in [5, 5.41) is 19.1. The number of aliphatic carboxylic acids is 1. The molecule has 3 heterocycles. The summed E-state index contributed by atoms with van der Waals surface area (Å²) in [7, 11) is 0. The van der Waals surface area contributed by atoms with Crippen molar-refractivity contribution in [1.29, 1.82) is 0 Å². The summed E-state index contributed by atoms with van der Waals surface area (Å²) in [6.07, 6.45) is 2.68. The fraction of sp³-hybridized carbons (Fsp3) is 0.533. The number of nitrogens with zero attached hydrogens (tertiary/aromatic N) is 3. The largest absolute Gasteiger partial charge is 0.480 e. The topological polar surface area (TPSA) is 150 Å². The smallest absolute Gasteiger partial charge is 0.320 e. The molecule has 136 valence electrons. The number of ether oxygens (including phenoxy) is 1. The average molecular weight is 367 g/mol. The molecule has 1 aliphatic heterocycles. The molecule has 1 saturated heterocycles. The van der Waals surface area contributed by atoms with Gasteiger partial charge in [0.1, 0.15) is 17.7 Å². The maximum atomic E-state index is 10.7. The van der Waals surface area contributed by atoms with Crippen LogP contribution < -0.4 is 11.5 Å². The van der Waals surface area contributed by atoms with Gasteiger partial charge in [-0.15, -0.1) is 0 Å². The van der Waals surface area contributed by atoms with Crippen molar-refractivity contribution in [3.63, 3.8) is 0 Å². The minimum atomic E-state index is -0.994. The number of hydrogen-bond donors (Lipinski definition) is 4. The number of pyridine rings is 1. The number of rotatable bonds is 7. The molecule has 0 radical (unpaired) electrons. The predicted octanol–water partition coefficient (Wildman–Crippen LogP) is 0.197. The molecule has 0 spiro atoms. The zero-order valence-corrected chi connectivity index (χ0v) is 14.3. The van der Waals surface area contributed by atoms with Gasteiger partial charge in [0.05, 0.1) is 18.1 Å². The van der Waals surface area contributed by atoms with Gasteiger partial charge in [0.15, 0.2) is 11.9 Å². The van der Waals surface area contributed by atoms with E-state index < -0.39 is 24.3 Å². The minimum absolute atomic E-state index is 0.135. The number of aromatic nitrogens is 3. The van der Waals surface area contributed by atoms with E-state index in [-0.39, 0.29) is 6.10 Å². The molecule has 1 fully saturated rings. The average Bonchev–Trinajstić information content (AvgIpc) is 3.15. The summed E-state index contributed by atoms with van der Waals surface area (Å²) >= 11 is 1.56. The summed E-state index contributed by atoms with van der Waals surface area (Å²) in [5.74, 6) is 0.286. The molecule has 0 aliphatic carbocycles. The van der Waals surface area contributed by atoms with Gasteiger partial charge in [0.2, 0.25) is 0 Å². The van der Waals surface area contributed by atoms with Gasteiger partial charge in [0.25, 0.3) is 0 Å². The summed E-state index contributed by atoms with van der Waals surface area (Å²) in [6.45, 7) is 0. The van der Waals surface area contributed by atoms with Crippen LogP contribution in [0.5, 0.6) is 0 Å². The van der Waals surface area contributed by atoms with E-state index in [1.165, 1.54) is 0 Å². The molecule has 1 aliphatic rings. The Morgan fingerprint density at radius 2 is 2.32 bits per heavy atom. The molecule has 3 rings (SSSR count). The summed E-state index contributed by atoms with van der Waals surface area (Å²) in [6, 6.07) is 0.830. The van der Waals surface area contributed by atoms with Crippen LogP contribution >= 0.6 is 11.8 Å². The van der Waals surface area contributed by atoms with Crippen molar-refractivity contribution >= 4 is 34.6 Å². The lowest BCUT2D eigenvalue weighted by Gasteiger charge is -2.17. The van der Waals surface area contributed by atoms with Crippen molar-refractivity contribution in [2.75, 3.05) is 17.2 Å². The Morgan fingerprint density at radius 3 is 3.08 bits per heavy atom. The summed E-state index contributed by atoms with van der Waals surface area (Å²) in [5.41, 5.74) is 13.0. The van der Waals surface area contributed by atoms with Crippen LogP contribution in [0.2, 0.25) is 0 Å². The molecule has 2 aromatic rings. The highest BCUT2D eigenvalue weighted by atomic mass is 32.2. The van der Waals surface area contributed by atoms with Gasteiger partial charge < -0.3 is 26.4 Å². The van der Waals surface area contributed by atoms with Gasteiger partial charge in [0, 0.05) is 18.4 Å². The Hall–Kier alpha value is -1.88. The van der Waals surface area contributed by atoms with Gasteiger partial charge in [-0.25, -0.2) is 9.97 Å². The van der Waals surface area contributed by atoms with Gasteiger partial charge in [-0.1, -0.05) is 0 Å². The van der Waals surface area contributed by atoms with Crippen LogP contribution in [0.3, 0.4) is 0 Å². The Balaban J connectivity index is 1.58. The van der Waals surface area contributed by atoms with Crippen molar-refractivity contribution in [2.45, 2.75) is 37.3 Å². The molecule has 0 aromatic carbocycles. The van der Waals surface area contributed by atoms with E-state index in [1.54, 1.807) is 34.9 Å². The van der Waals surface area contributed by atoms with Crippen LogP contribution in [0.15, 0.2) is 18.6 Å². The van der Waals surface area contributed by atoms with E-state index in [2.05, 4.69) is 9.97 Å². The Labute approximate surface area is 148 Å². The van der Waals surface area contributed by atoms with Crippen LogP contribution in [0, 0.1) is 0 Å². The second-order valence-corrected chi connectivity index (χ2v) is 7.13. The lowest BCUT2D eigenvalue weighted by Crippen LogP contribution is -2.30. The normalized spacial score (nSPS) is 24.6. The third kappa shape index (κ3) is 3.87. The van der Waals surface area contributed by atoms with Crippen LogP contribution in [0.4, 0.5) is 5.69 Å².